The van der Waals surface area contributed by atoms with Gasteiger partial charge in [0.2, 0.25) is 0 Å². The van der Waals surface area contributed by atoms with E-state index in [1.807, 2.05) is 6.08 Å². The third-order valence-corrected chi connectivity index (χ3v) is 8.54. The normalized spacial score (nSPS) is 49.0. The first-order valence-electron chi connectivity index (χ1n) is 10.8. The summed E-state index contributed by atoms with van der Waals surface area (Å²) in [5.74, 6) is -14.9. The number of allylic oxidation sites excluding steroid dienone is 2. The van der Waals surface area contributed by atoms with E-state index in [2.05, 4.69) is 10.8 Å². The number of hydrogen-bond donors (Lipinski definition) is 0. The van der Waals surface area contributed by atoms with Gasteiger partial charge < -0.3 is 14.2 Å². The second-order valence-corrected chi connectivity index (χ2v) is 10.5. The van der Waals surface area contributed by atoms with Crippen molar-refractivity contribution in [2.45, 2.75) is 69.6 Å². The van der Waals surface area contributed by atoms with Gasteiger partial charge in [-0.05, 0) is 56.3 Å². The highest BCUT2D eigenvalue weighted by Crippen LogP contribution is 2.78. The summed E-state index contributed by atoms with van der Waals surface area (Å²) in [4.78, 5) is 23.8. The summed E-state index contributed by atoms with van der Waals surface area (Å²) in [5, 5.41) is 0. The Balaban J connectivity index is 1.77. The maximum Gasteiger partial charge on any atom is 0.462 e. The number of ether oxygens (including phenoxy) is 3. The van der Waals surface area contributed by atoms with Crippen molar-refractivity contribution in [1.29, 1.82) is 0 Å². The van der Waals surface area contributed by atoms with E-state index in [1.165, 1.54) is 13.8 Å². The van der Waals surface area contributed by atoms with Gasteiger partial charge in [0.25, 0.3) is 0 Å². The number of fused-ring (bicyclic) bond motifs is 12. The SMILES string of the molecule is CC(=O)OC12C3CC(C4C5C=CC(C5)C43)C1C(C)(C)OC(OC(C)=O)(C(F)(F)F)C2(F)F. The molecule has 5 aliphatic rings. The largest absolute Gasteiger partial charge is 0.462 e. The third kappa shape index (κ3) is 2.27. The van der Waals surface area contributed by atoms with Crippen molar-refractivity contribution < 1.29 is 45.8 Å². The molecule has 32 heavy (non-hydrogen) atoms. The Morgan fingerprint density at radius 2 is 1.53 bits per heavy atom. The van der Waals surface area contributed by atoms with Gasteiger partial charge in [0.15, 0.2) is 5.60 Å². The minimum Gasteiger partial charge on any atom is -0.452 e. The molecule has 3 saturated carbocycles. The number of carbonyl (C=O) groups is 2. The molecule has 10 heteroatoms. The molecule has 0 N–H and O–H groups in total. The Kier molecular flexibility index (Phi) is 4.17. The zero-order chi connectivity index (χ0) is 23.6. The summed E-state index contributed by atoms with van der Waals surface area (Å²) in [6, 6.07) is 0. The van der Waals surface area contributed by atoms with Crippen LogP contribution in [0.5, 0.6) is 0 Å². The van der Waals surface area contributed by atoms with E-state index >= 15 is 8.78 Å². The molecule has 1 aliphatic heterocycles. The van der Waals surface area contributed by atoms with Crippen LogP contribution in [-0.4, -0.2) is 41.0 Å². The second-order valence-electron chi connectivity index (χ2n) is 10.5. The highest BCUT2D eigenvalue weighted by atomic mass is 19.4. The van der Waals surface area contributed by atoms with Crippen molar-refractivity contribution >= 4 is 11.9 Å². The monoisotopic (exact) mass is 464 g/mol. The van der Waals surface area contributed by atoms with Gasteiger partial charge in [-0.3, -0.25) is 9.59 Å². The smallest absolute Gasteiger partial charge is 0.452 e. The van der Waals surface area contributed by atoms with Gasteiger partial charge in [-0.15, -0.1) is 0 Å². The Labute approximate surface area is 181 Å². The minimum absolute atomic E-state index is 0.0227. The third-order valence-electron chi connectivity index (χ3n) is 8.54. The van der Waals surface area contributed by atoms with E-state index in [9.17, 15) is 22.8 Å². The molecular weight excluding hydrogens is 439 g/mol. The molecule has 178 valence electrons. The standard InChI is InChI=1S/C22H25F5O5/c1-9(28)30-19-14-8-13(15-11-5-6-12(7-11)16(14)15)17(19)18(3,4)32-21(20(19,23)24,22(25,26)27)31-10(2)29/h5-6,11-17H,7-8H2,1-4H3. The summed E-state index contributed by atoms with van der Waals surface area (Å²) < 4.78 is 90.9. The van der Waals surface area contributed by atoms with Crippen LogP contribution in [0.1, 0.15) is 40.5 Å². The van der Waals surface area contributed by atoms with Crippen LogP contribution in [0.4, 0.5) is 22.0 Å². The van der Waals surface area contributed by atoms with Crippen LogP contribution in [0.2, 0.25) is 0 Å². The lowest BCUT2D eigenvalue weighted by Crippen LogP contribution is -2.83. The number of hydrogen-bond acceptors (Lipinski definition) is 5. The van der Waals surface area contributed by atoms with E-state index in [4.69, 9.17) is 9.47 Å². The quantitative estimate of drug-likeness (QED) is 0.265. The van der Waals surface area contributed by atoms with Crippen LogP contribution in [-0.2, 0) is 23.8 Å². The maximum absolute atomic E-state index is 16.4. The molecule has 0 spiro atoms. The molecule has 0 aromatic heterocycles. The number of alkyl halides is 5. The first-order valence-corrected chi connectivity index (χ1v) is 10.8. The first-order chi connectivity index (χ1) is 14.6. The van der Waals surface area contributed by atoms with Crippen molar-refractivity contribution in [1.82, 2.24) is 0 Å². The minimum atomic E-state index is -5.78. The summed E-state index contributed by atoms with van der Waals surface area (Å²) in [6.07, 6.45) is -0.819. The van der Waals surface area contributed by atoms with Crippen LogP contribution in [0, 0.1) is 41.4 Å². The molecule has 9 unspecified atom stereocenters. The van der Waals surface area contributed by atoms with Gasteiger partial charge in [-0.1, -0.05) is 12.2 Å². The molecule has 4 bridgehead atoms. The number of esters is 2. The fraction of sp³-hybridized carbons (Fsp3) is 0.818. The zero-order valence-corrected chi connectivity index (χ0v) is 18.0. The average Bonchev–Trinajstić information content (AvgIpc) is 3.35. The Morgan fingerprint density at radius 1 is 0.969 bits per heavy atom. The van der Waals surface area contributed by atoms with E-state index in [-0.39, 0.29) is 30.1 Å². The Bertz CT molecular complexity index is 913. The van der Waals surface area contributed by atoms with Gasteiger partial charge in [-0.2, -0.15) is 22.0 Å². The average molecular weight is 464 g/mol. The van der Waals surface area contributed by atoms with Crippen LogP contribution in [0.15, 0.2) is 12.2 Å². The zero-order valence-electron chi connectivity index (χ0n) is 18.0. The Morgan fingerprint density at radius 3 is 2.06 bits per heavy atom. The Hall–Kier alpha value is -1.71. The highest BCUT2D eigenvalue weighted by molar-refractivity contribution is 5.68. The molecule has 9 atom stereocenters. The molecule has 0 amide bonds. The molecule has 5 nitrogen and oxygen atoms in total. The highest BCUT2D eigenvalue weighted by Gasteiger charge is 2.93. The summed E-state index contributed by atoms with van der Waals surface area (Å²) in [7, 11) is 0. The number of carbonyl (C=O) groups excluding carboxylic acids is 2. The fourth-order valence-electron chi connectivity index (χ4n) is 8.28. The molecule has 4 aliphatic carbocycles. The first kappa shape index (κ1) is 22.1. The van der Waals surface area contributed by atoms with Crippen molar-refractivity contribution in [3.63, 3.8) is 0 Å². The fourth-order valence-corrected chi connectivity index (χ4v) is 8.28. The molecule has 0 aromatic carbocycles. The molecule has 1 saturated heterocycles. The van der Waals surface area contributed by atoms with Gasteiger partial charge >= 0.3 is 29.8 Å². The van der Waals surface area contributed by atoms with Crippen LogP contribution in [0.25, 0.3) is 0 Å². The van der Waals surface area contributed by atoms with Crippen LogP contribution < -0.4 is 0 Å². The molecule has 0 aromatic rings. The number of rotatable bonds is 2. The van der Waals surface area contributed by atoms with Gasteiger partial charge in [0, 0.05) is 25.7 Å². The van der Waals surface area contributed by atoms with Gasteiger partial charge in [0.05, 0.1) is 5.60 Å². The number of halogens is 5. The summed E-state index contributed by atoms with van der Waals surface area (Å²) in [5.41, 5.74) is -4.63. The lowest BCUT2D eigenvalue weighted by Gasteiger charge is -2.63. The lowest BCUT2D eigenvalue weighted by atomic mass is 9.54. The van der Waals surface area contributed by atoms with Crippen molar-refractivity contribution in [3.05, 3.63) is 12.2 Å². The van der Waals surface area contributed by atoms with Crippen molar-refractivity contribution in [3.8, 4) is 0 Å². The molecular formula is C22H25F5O5. The van der Waals surface area contributed by atoms with Crippen LogP contribution in [0.3, 0.4) is 0 Å². The predicted octanol–water partition coefficient (Wildman–Crippen LogP) is 4.26. The van der Waals surface area contributed by atoms with E-state index in [1.54, 1.807) is 0 Å². The predicted molar refractivity (Wildman–Crippen MR) is 98.0 cm³/mol. The van der Waals surface area contributed by atoms with Gasteiger partial charge in [-0.25, -0.2) is 0 Å². The van der Waals surface area contributed by atoms with Crippen molar-refractivity contribution in [2.24, 2.45) is 41.4 Å². The summed E-state index contributed by atoms with van der Waals surface area (Å²) in [6.45, 7) is 4.10. The van der Waals surface area contributed by atoms with Crippen molar-refractivity contribution in [2.75, 3.05) is 0 Å². The molecule has 0 radical (unpaired) electrons. The van der Waals surface area contributed by atoms with E-state index in [0.717, 1.165) is 13.3 Å². The van der Waals surface area contributed by atoms with Crippen LogP contribution >= 0.6 is 0 Å². The van der Waals surface area contributed by atoms with E-state index < -0.39 is 58.8 Å². The second kappa shape index (κ2) is 6.04. The topological polar surface area (TPSA) is 61.8 Å². The molecule has 5 rings (SSSR count). The lowest BCUT2D eigenvalue weighted by molar-refractivity contribution is -0.509. The van der Waals surface area contributed by atoms with E-state index in [0.29, 0.717) is 6.92 Å². The molecule has 4 fully saturated rings. The van der Waals surface area contributed by atoms with Gasteiger partial charge in [0.1, 0.15) is 0 Å². The molecule has 1 heterocycles. The summed E-state index contributed by atoms with van der Waals surface area (Å²) >= 11 is 0. The maximum atomic E-state index is 16.4.